The van der Waals surface area contributed by atoms with Gasteiger partial charge in [0.05, 0.1) is 7.11 Å². The molecule has 0 fully saturated rings. The number of amides is 1. The number of aromatic nitrogens is 4. The van der Waals surface area contributed by atoms with Crippen molar-refractivity contribution in [3.05, 3.63) is 80.0 Å². The SMILES string of the molecule is COc1ccc(Cc2nc(C(=O)Nc3cc(=O)[nH]c(C)n3)cc(=O)[nH]2)cc1. The summed E-state index contributed by atoms with van der Waals surface area (Å²) in [6.45, 7) is 1.59. The number of rotatable bonds is 5. The first-order chi connectivity index (χ1) is 12.9. The van der Waals surface area contributed by atoms with Crippen molar-refractivity contribution in [3.63, 3.8) is 0 Å². The number of anilines is 1. The topological polar surface area (TPSA) is 130 Å². The van der Waals surface area contributed by atoms with Crippen LogP contribution in [-0.2, 0) is 6.42 Å². The Morgan fingerprint density at radius 2 is 1.78 bits per heavy atom. The number of methoxy groups -OCH3 is 1. The number of nitrogens with zero attached hydrogens (tertiary/aromatic N) is 2. The summed E-state index contributed by atoms with van der Waals surface area (Å²) in [6.07, 6.45) is 0.336. The van der Waals surface area contributed by atoms with Crippen LogP contribution in [0.2, 0.25) is 0 Å². The first-order valence-corrected chi connectivity index (χ1v) is 8.05. The number of aromatic amines is 2. The molecule has 27 heavy (non-hydrogen) atoms. The highest BCUT2D eigenvalue weighted by Crippen LogP contribution is 2.13. The van der Waals surface area contributed by atoms with Gasteiger partial charge in [-0.1, -0.05) is 12.1 Å². The maximum Gasteiger partial charge on any atom is 0.275 e. The van der Waals surface area contributed by atoms with E-state index in [9.17, 15) is 14.4 Å². The van der Waals surface area contributed by atoms with Crippen LogP contribution in [0.3, 0.4) is 0 Å². The molecule has 1 aromatic carbocycles. The van der Waals surface area contributed by atoms with Gasteiger partial charge in [-0.15, -0.1) is 0 Å². The number of carbonyl (C=O) groups is 1. The number of H-pyrrole nitrogens is 2. The van der Waals surface area contributed by atoms with Gasteiger partial charge in [0.1, 0.15) is 28.9 Å². The lowest BCUT2D eigenvalue weighted by molar-refractivity contribution is 0.102. The molecule has 9 nitrogen and oxygen atoms in total. The molecule has 0 bridgehead atoms. The molecule has 0 atom stereocenters. The molecule has 9 heteroatoms. The van der Waals surface area contributed by atoms with E-state index in [2.05, 4.69) is 25.3 Å². The second kappa shape index (κ2) is 7.65. The van der Waals surface area contributed by atoms with Crippen LogP contribution in [-0.4, -0.2) is 33.0 Å². The van der Waals surface area contributed by atoms with E-state index in [-0.39, 0.29) is 11.5 Å². The predicted molar refractivity (Wildman–Crippen MR) is 98.2 cm³/mol. The number of hydrogen-bond acceptors (Lipinski definition) is 6. The lowest BCUT2D eigenvalue weighted by atomic mass is 10.1. The molecule has 0 aliphatic rings. The Hall–Kier alpha value is -3.75. The minimum absolute atomic E-state index is 0.0676. The van der Waals surface area contributed by atoms with Gasteiger partial charge in [0.25, 0.3) is 17.0 Å². The molecule has 3 N–H and O–H groups in total. The van der Waals surface area contributed by atoms with Crippen molar-refractivity contribution in [1.29, 1.82) is 0 Å². The van der Waals surface area contributed by atoms with Crippen LogP contribution in [0.25, 0.3) is 0 Å². The fourth-order valence-electron chi connectivity index (χ4n) is 2.47. The Balaban J connectivity index is 1.82. The van der Waals surface area contributed by atoms with Crippen molar-refractivity contribution >= 4 is 11.7 Å². The quantitative estimate of drug-likeness (QED) is 0.617. The van der Waals surface area contributed by atoms with E-state index in [0.717, 1.165) is 17.7 Å². The maximum absolute atomic E-state index is 12.4. The van der Waals surface area contributed by atoms with Crippen LogP contribution in [0.5, 0.6) is 5.75 Å². The monoisotopic (exact) mass is 367 g/mol. The van der Waals surface area contributed by atoms with Gasteiger partial charge in [-0.05, 0) is 24.6 Å². The summed E-state index contributed by atoms with van der Waals surface area (Å²) in [5.74, 6) is 0.869. The summed E-state index contributed by atoms with van der Waals surface area (Å²) in [4.78, 5) is 49.1. The molecular formula is C18H17N5O4. The molecule has 138 valence electrons. The van der Waals surface area contributed by atoms with Crippen molar-refractivity contribution in [3.8, 4) is 5.75 Å². The third-order valence-electron chi connectivity index (χ3n) is 3.66. The Morgan fingerprint density at radius 1 is 1.07 bits per heavy atom. The Labute approximate surface area is 153 Å². The zero-order valence-electron chi connectivity index (χ0n) is 14.7. The molecule has 0 saturated heterocycles. The molecule has 0 aliphatic heterocycles. The van der Waals surface area contributed by atoms with Crippen LogP contribution >= 0.6 is 0 Å². The largest absolute Gasteiger partial charge is 0.497 e. The van der Waals surface area contributed by atoms with Gasteiger partial charge < -0.3 is 20.0 Å². The van der Waals surface area contributed by atoms with Crippen molar-refractivity contribution in [2.24, 2.45) is 0 Å². The van der Waals surface area contributed by atoms with Crippen molar-refractivity contribution in [1.82, 2.24) is 19.9 Å². The lowest BCUT2D eigenvalue weighted by Crippen LogP contribution is -2.22. The molecule has 0 unspecified atom stereocenters. The second-order valence-electron chi connectivity index (χ2n) is 5.77. The molecule has 0 radical (unpaired) electrons. The number of nitrogens with one attached hydrogen (secondary N) is 3. The molecule has 0 spiro atoms. The Kier molecular flexibility index (Phi) is 5.11. The molecule has 3 rings (SSSR count). The van der Waals surface area contributed by atoms with Crippen molar-refractivity contribution in [2.45, 2.75) is 13.3 Å². The highest BCUT2D eigenvalue weighted by Gasteiger charge is 2.12. The van der Waals surface area contributed by atoms with E-state index in [1.165, 1.54) is 0 Å². The fraction of sp³-hybridized carbons (Fsp3) is 0.167. The normalized spacial score (nSPS) is 10.4. The molecule has 1 amide bonds. The van der Waals surface area contributed by atoms with Gasteiger partial charge in [-0.3, -0.25) is 14.4 Å². The minimum Gasteiger partial charge on any atom is -0.497 e. The van der Waals surface area contributed by atoms with Crippen molar-refractivity contribution in [2.75, 3.05) is 12.4 Å². The van der Waals surface area contributed by atoms with Gasteiger partial charge in [-0.2, -0.15) is 0 Å². The molecule has 2 aromatic heterocycles. The van der Waals surface area contributed by atoms with E-state index >= 15 is 0 Å². The zero-order valence-corrected chi connectivity index (χ0v) is 14.7. The van der Waals surface area contributed by atoms with Gasteiger partial charge in [0.2, 0.25) is 0 Å². The number of aryl methyl sites for hydroxylation is 1. The minimum atomic E-state index is -0.630. The highest BCUT2D eigenvalue weighted by molar-refractivity contribution is 6.02. The molecular weight excluding hydrogens is 350 g/mol. The van der Waals surface area contributed by atoms with Crippen LogP contribution in [0.4, 0.5) is 5.82 Å². The van der Waals surface area contributed by atoms with Crippen LogP contribution in [0, 0.1) is 6.92 Å². The third kappa shape index (κ3) is 4.66. The van der Waals surface area contributed by atoms with Crippen molar-refractivity contribution < 1.29 is 9.53 Å². The van der Waals surface area contributed by atoms with Gasteiger partial charge in [0, 0.05) is 18.6 Å². The van der Waals surface area contributed by atoms with E-state index in [4.69, 9.17) is 4.74 Å². The number of ether oxygens (including phenoxy) is 1. The fourth-order valence-corrected chi connectivity index (χ4v) is 2.47. The highest BCUT2D eigenvalue weighted by atomic mass is 16.5. The summed E-state index contributed by atoms with van der Waals surface area (Å²) in [5.41, 5.74) is -0.0176. The van der Waals surface area contributed by atoms with E-state index in [0.29, 0.717) is 23.8 Å². The number of carbonyl (C=O) groups excluding carboxylic acids is 1. The van der Waals surface area contributed by atoms with Crippen LogP contribution in [0.15, 0.2) is 46.0 Å². The maximum atomic E-state index is 12.4. The number of benzene rings is 1. The second-order valence-corrected chi connectivity index (χ2v) is 5.77. The smallest absolute Gasteiger partial charge is 0.275 e. The number of hydrogen-bond donors (Lipinski definition) is 3. The predicted octanol–water partition coefficient (Wildman–Crippen LogP) is 1.01. The van der Waals surface area contributed by atoms with Crippen LogP contribution in [0.1, 0.15) is 27.7 Å². The van der Waals surface area contributed by atoms with Gasteiger partial charge >= 0.3 is 0 Å². The zero-order chi connectivity index (χ0) is 19.4. The first-order valence-electron chi connectivity index (χ1n) is 8.05. The Bertz CT molecular complexity index is 1090. The first kappa shape index (κ1) is 18.1. The average molecular weight is 367 g/mol. The van der Waals surface area contributed by atoms with Crippen LogP contribution < -0.4 is 21.2 Å². The third-order valence-corrected chi connectivity index (χ3v) is 3.66. The summed E-state index contributed by atoms with van der Waals surface area (Å²) in [6, 6.07) is 9.52. The summed E-state index contributed by atoms with van der Waals surface area (Å²) in [7, 11) is 1.58. The van der Waals surface area contributed by atoms with Gasteiger partial charge in [-0.25, -0.2) is 9.97 Å². The average Bonchev–Trinajstić information content (AvgIpc) is 2.61. The Morgan fingerprint density at radius 3 is 2.44 bits per heavy atom. The molecule has 0 aliphatic carbocycles. The standard InChI is InChI=1S/C18H17N5O4/c1-10-19-15(9-17(25)20-10)23-18(26)13-8-16(24)22-14(21-13)7-11-3-5-12(27-2)6-4-11/h3-6,8-9H,7H2,1-2H3,(H,21,22,24)(H2,19,20,23,25,26). The van der Waals surface area contributed by atoms with E-state index in [1.54, 1.807) is 26.2 Å². The molecule has 2 heterocycles. The van der Waals surface area contributed by atoms with E-state index in [1.807, 2.05) is 12.1 Å². The molecule has 3 aromatic rings. The summed E-state index contributed by atoms with van der Waals surface area (Å²) < 4.78 is 5.11. The molecule has 0 saturated carbocycles. The van der Waals surface area contributed by atoms with Gasteiger partial charge in [0.15, 0.2) is 0 Å². The lowest BCUT2D eigenvalue weighted by Gasteiger charge is -2.07. The summed E-state index contributed by atoms with van der Waals surface area (Å²) in [5, 5.41) is 2.47. The van der Waals surface area contributed by atoms with E-state index < -0.39 is 17.0 Å². The summed E-state index contributed by atoms with van der Waals surface area (Å²) >= 11 is 0.